The van der Waals surface area contributed by atoms with Crippen LogP contribution in [-0.4, -0.2) is 41.3 Å². The molecule has 0 aliphatic carbocycles. The Labute approximate surface area is 69.9 Å². The zero-order chi connectivity index (χ0) is 7.40. The van der Waals surface area contributed by atoms with E-state index in [4.69, 9.17) is 11.6 Å². The van der Waals surface area contributed by atoms with Crippen LogP contribution < -0.4 is 0 Å². The zero-order valence-corrected chi connectivity index (χ0v) is 7.20. The molecule has 0 aromatic rings. The highest BCUT2D eigenvalue weighted by Gasteiger charge is 2.16. The SMILES string of the molecule is O=CC(Cl)N1CCSCC1. The fraction of sp³-hybridized carbons (Fsp3) is 0.833. The summed E-state index contributed by atoms with van der Waals surface area (Å²) < 4.78 is 0. The van der Waals surface area contributed by atoms with Crippen molar-refractivity contribution in [2.75, 3.05) is 24.6 Å². The largest absolute Gasteiger partial charge is 0.300 e. The fourth-order valence-corrected chi connectivity index (χ4v) is 2.04. The summed E-state index contributed by atoms with van der Waals surface area (Å²) in [7, 11) is 0. The number of carbonyl (C=O) groups excluding carboxylic acids is 1. The summed E-state index contributed by atoms with van der Waals surface area (Å²) in [5.74, 6) is 2.19. The molecule has 1 unspecified atom stereocenters. The molecule has 4 heteroatoms. The molecular weight excluding hydrogens is 170 g/mol. The lowest BCUT2D eigenvalue weighted by Crippen LogP contribution is -2.38. The maximum atomic E-state index is 10.2. The van der Waals surface area contributed by atoms with Crippen molar-refractivity contribution in [2.24, 2.45) is 0 Å². The van der Waals surface area contributed by atoms with Crippen LogP contribution in [0.3, 0.4) is 0 Å². The van der Waals surface area contributed by atoms with Gasteiger partial charge in [-0.15, -0.1) is 0 Å². The first-order chi connectivity index (χ1) is 4.84. The number of rotatable bonds is 2. The molecule has 1 fully saturated rings. The van der Waals surface area contributed by atoms with E-state index in [0.29, 0.717) is 0 Å². The van der Waals surface area contributed by atoms with Crippen LogP contribution in [0.25, 0.3) is 0 Å². The van der Waals surface area contributed by atoms with E-state index in [1.165, 1.54) is 0 Å². The van der Waals surface area contributed by atoms with E-state index in [1.807, 2.05) is 16.7 Å². The van der Waals surface area contributed by atoms with Gasteiger partial charge in [-0.2, -0.15) is 11.8 Å². The van der Waals surface area contributed by atoms with Gasteiger partial charge in [0.25, 0.3) is 0 Å². The van der Waals surface area contributed by atoms with Gasteiger partial charge < -0.3 is 4.79 Å². The second kappa shape index (κ2) is 4.21. The molecule has 0 aromatic carbocycles. The molecule has 0 radical (unpaired) electrons. The molecule has 0 bridgehead atoms. The molecule has 0 N–H and O–H groups in total. The summed E-state index contributed by atoms with van der Waals surface area (Å²) in [6.07, 6.45) is 0.789. The normalized spacial score (nSPS) is 24.1. The van der Waals surface area contributed by atoms with E-state index in [9.17, 15) is 4.79 Å². The average molecular weight is 180 g/mol. The van der Waals surface area contributed by atoms with Crippen molar-refractivity contribution in [3.8, 4) is 0 Å². The topological polar surface area (TPSA) is 20.3 Å². The van der Waals surface area contributed by atoms with Gasteiger partial charge in [0.05, 0.1) is 0 Å². The Bertz CT molecular complexity index is 116. The third kappa shape index (κ3) is 2.15. The van der Waals surface area contributed by atoms with E-state index < -0.39 is 5.50 Å². The van der Waals surface area contributed by atoms with Crippen molar-refractivity contribution in [3.63, 3.8) is 0 Å². The maximum absolute atomic E-state index is 10.2. The predicted octanol–water partition coefficient (Wildman–Crippen LogP) is 0.799. The molecule has 2 nitrogen and oxygen atoms in total. The average Bonchev–Trinajstić information content (AvgIpc) is 2.05. The van der Waals surface area contributed by atoms with Crippen LogP contribution in [-0.2, 0) is 4.79 Å². The summed E-state index contributed by atoms with van der Waals surface area (Å²) >= 11 is 7.60. The fourth-order valence-electron chi connectivity index (χ4n) is 0.910. The minimum atomic E-state index is -0.402. The molecule has 58 valence electrons. The molecular formula is C6H10ClNOS. The molecule has 1 atom stereocenters. The lowest BCUT2D eigenvalue weighted by Gasteiger charge is -2.27. The van der Waals surface area contributed by atoms with Gasteiger partial charge in [0, 0.05) is 24.6 Å². The highest BCUT2D eigenvalue weighted by Crippen LogP contribution is 2.12. The Morgan fingerprint density at radius 3 is 2.60 bits per heavy atom. The molecule has 1 aliphatic heterocycles. The number of thioether (sulfide) groups is 1. The Balaban J connectivity index is 2.30. The molecule has 1 saturated heterocycles. The summed E-state index contributed by atoms with van der Waals surface area (Å²) in [4.78, 5) is 12.2. The van der Waals surface area contributed by atoms with E-state index in [2.05, 4.69) is 0 Å². The van der Waals surface area contributed by atoms with Crippen molar-refractivity contribution in [1.29, 1.82) is 0 Å². The lowest BCUT2D eigenvalue weighted by molar-refractivity contribution is -0.110. The maximum Gasteiger partial charge on any atom is 0.152 e. The highest BCUT2D eigenvalue weighted by atomic mass is 35.5. The first-order valence-corrected chi connectivity index (χ1v) is 4.85. The molecule has 1 rings (SSSR count). The van der Waals surface area contributed by atoms with Crippen molar-refractivity contribution in [1.82, 2.24) is 4.90 Å². The smallest absolute Gasteiger partial charge is 0.152 e. The Hall–Kier alpha value is 0.270. The Morgan fingerprint density at radius 1 is 1.50 bits per heavy atom. The van der Waals surface area contributed by atoms with Crippen molar-refractivity contribution >= 4 is 29.6 Å². The summed E-state index contributed by atoms with van der Waals surface area (Å²) in [6, 6.07) is 0. The minimum absolute atomic E-state index is 0.402. The number of alkyl halides is 1. The van der Waals surface area contributed by atoms with Crippen LogP contribution in [0.15, 0.2) is 0 Å². The number of hydrogen-bond acceptors (Lipinski definition) is 3. The number of hydrogen-bond donors (Lipinski definition) is 0. The minimum Gasteiger partial charge on any atom is -0.300 e. The molecule has 1 heterocycles. The standard InChI is InChI=1S/C6H10ClNOS/c7-6(5-9)8-1-3-10-4-2-8/h5-6H,1-4H2. The number of carbonyl (C=O) groups is 1. The van der Waals surface area contributed by atoms with Gasteiger partial charge in [0.2, 0.25) is 0 Å². The summed E-state index contributed by atoms with van der Waals surface area (Å²) in [5, 5.41) is 0. The summed E-state index contributed by atoms with van der Waals surface area (Å²) in [5.41, 5.74) is -0.402. The van der Waals surface area contributed by atoms with Crippen molar-refractivity contribution < 1.29 is 4.79 Å². The highest BCUT2D eigenvalue weighted by molar-refractivity contribution is 7.99. The molecule has 0 spiro atoms. The lowest BCUT2D eigenvalue weighted by atomic mass is 10.5. The van der Waals surface area contributed by atoms with Crippen molar-refractivity contribution in [3.05, 3.63) is 0 Å². The molecule has 0 amide bonds. The van der Waals surface area contributed by atoms with Gasteiger partial charge in [0.15, 0.2) is 6.29 Å². The van der Waals surface area contributed by atoms with Crippen LogP contribution >= 0.6 is 23.4 Å². The quantitative estimate of drug-likeness (QED) is 0.355. The molecule has 1 aliphatic rings. The van der Waals surface area contributed by atoms with Gasteiger partial charge >= 0.3 is 0 Å². The van der Waals surface area contributed by atoms with Crippen LogP contribution in [0.4, 0.5) is 0 Å². The van der Waals surface area contributed by atoms with Crippen LogP contribution in [0.5, 0.6) is 0 Å². The van der Waals surface area contributed by atoms with Crippen LogP contribution in [0.2, 0.25) is 0 Å². The number of aldehydes is 1. The number of halogens is 1. The Morgan fingerprint density at radius 2 is 2.10 bits per heavy atom. The van der Waals surface area contributed by atoms with Crippen molar-refractivity contribution in [2.45, 2.75) is 5.50 Å². The van der Waals surface area contributed by atoms with E-state index in [0.717, 1.165) is 30.9 Å². The number of nitrogens with zero attached hydrogens (tertiary/aromatic N) is 1. The van der Waals surface area contributed by atoms with Gasteiger partial charge in [-0.05, 0) is 0 Å². The van der Waals surface area contributed by atoms with Crippen LogP contribution in [0.1, 0.15) is 0 Å². The summed E-state index contributed by atoms with van der Waals surface area (Å²) in [6.45, 7) is 1.88. The first-order valence-electron chi connectivity index (χ1n) is 3.26. The monoisotopic (exact) mass is 179 g/mol. The predicted molar refractivity (Wildman–Crippen MR) is 44.6 cm³/mol. The van der Waals surface area contributed by atoms with E-state index in [-0.39, 0.29) is 0 Å². The van der Waals surface area contributed by atoms with Gasteiger partial charge in [-0.3, -0.25) is 4.90 Å². The van der Waals surface area contributed by atoms with Gasteiger partial charge in [-0.25, -0.2) is 0 Å². The second-order valence-electron chi connectivity index (χ2n) is 2.16. The van der Waals surface area contributed by atoms with E-state index in [1.54, 1.807) is 0 Å². The van der Waals surface area contributed by atoms with Gasteiger partial charge in [0.1, 0.15) is 5.50 Å². The Kier molecular flexibility index (Phi) is 3.52. The van der Waals surface area contributed by atoms with Gasteiger partial charge in [-0.1, -0.05) is 11.6 Å². The van der Waals surface area contributed by atoms with E-state index >= 15 is 0 Å². The zero-order valence-electron chi connectivity index (χ0n) is 5.62. The molecule has 0 saturated carbocycles. The molecule has 10 heavy (non-hydrogen) atoms. The third-order valence-electron chi connectivity index (χ3n) is 1.51. The second-order valence-corrected chi connectivity index (χ2v) is 3.83. The third-order valence-corrected chi connectivity index (χ3v) is 2.83. The first kappa shape index (κ1) is 8.37. The molecule has 0 aromatic heterocycles. The van der Waals surface area contributed by atoms with Crippen LogP contribution in [0, 0.1) is 0 Å².